The number of carboxylic acid groups (broad SMARTS) is 1. The summed E-state index contributed by atoms with van der Waals surface area (Å²) in [7, 11) is 2.09. The number of nitrogens with one attached hydrogen (secondary N) is 20. The molecule has 143 heavy (non-hydrogen) atoms. The van der Waals surface area contributed by atoms with E-state index in [-0.39, 0.29) is 197 Å². The molecule has 3 aromatic heterocycles. The van der Waals surface area contributed by atoms with Gasteiger partial charge in [-0.1, -0.05) is 89.9 Å². The largest absolute Gasteiger partial charge is 0.481 e. The number of fused-ring (bicyclic) bond motifs is 2. The number of likely N-dealkylation sites (tertiary alicyclic amines) is 2. The van der Waals surface area contributed by atoms with Gasteiger partial charge in [0, 0.05) is 132 Å². The zero-order valence-electron chi connectivity index (χ0n) is 80.3. The number of Topliss-reactive ketones (excluding diaryl/α,β-unsaturated/α-hetero) is 2. The van der Waals surface area contributed by atoms with Crippen molar-refractivity contribution in [2.24, 2.45) is 46.2 Å². The fourth-order valence-corrected chi connectivity index (χ4v) is 20.3. The maximum atomic E-state index is 16.2. The lowest BCUT2D eigenvalue weighted by atomic mass is 9.93. The number of carboxylic acids is 1. The Labute approximate surface area is 834 Å². The van der Waals surface area contributed by atoms with Gasteiger partial charge in [0.25, 0.3) is 0 Å². The summed E-state index contributed by atoms with van der Waals surface area (Å²) >= 11 is 0. The normalized spacial score (nSPS) is 20.8. The highest BCUT2D eigenvalue weighted by Crippen LogP contribution is 2.35. The molecule has 0 bridgehead atoms. The number of imidazole rings is 2. The van der Waals surface area contributed by atoms with Crippen molar-refractivity contribution in [3.8, 4) is 0 Å². The molecular weight excluding hydrogens is 1890 g/mol. The number of nitrogens with zero attached hydrogens (tertiary/aromatic N) is 5. The number of ketones is 2. The van der Waals surface area contributed by atoms with Crippen LogP contribution in [0.2, 0.25) is 0 Å². The molecule has 33 N–H and O–H groups in total. The molecular formula is C92H137N31O18S2. The molecule has 7 heterocycles. The molecule has 51 heteroatoms. The Morgan fingerprint density at radius 2 is 1.00 bits per heavy atom. The van der Waals surface area contributed by atoms with E-state index in [4.69, 9.17) is 50.6 Å². The predicted octanol–water partition coefficient (Wildman–Crippen LogP) is -3.83. The van der Waals surface area contributed by atoms with Crippen molar-refractivity contribution < 1.29 is 86.6 Å². The summed E-state index contributed by atoms with van der Waals surface area (Å²) in [5.74, 6) is -18.5. The topological polar surface area (TPSA) is 789 Å². The Kier molecular flexibility index (Phi) is 45.2. The Balaban J connectivity index is 1.04. The van der Waals surface area contributed by atoms with Crippen molar-refractivity contribution in [3.05, 3.63) is 108 Å². The fraction of sp³-hybridized carbons (Fsp3) is 0.565. The van der Waals surface area contributed by atoms with E-state index < -0.39 is 229 Å². The minimum absolute atomic E-state index is 0.00333. The molecule has 2 aromatic carbocycles. The van der Waals surface area contributed by atoms with E-state index in [0.29, 0.717) is 40.6 Å². The van der Waals surface area contributed by atoms with Crippen molar-refractivity contribution in [2.75, 3.05) is 57.3 Å². The van der Waals surface area contributed by atoms with Gasteiger partial charge >= 0.3 is 5.97 Å². The molecule has 4 fully saturated rings. The Morgan fingerprint density at radius 3 is 1.54 bits per heavy atom. The fourth-order valence-electron chi connectivity index (χ4n) is 17.7. The molecule has 0 aliphatic carbocycles. The highest BCUT2D eigenvalue weighted by atomic mass is 33.1. The minimum Gasteiger partial charge on any atom is -0.481 e. The number of hydrogen-bond donors (Lipinski definition) is 27. The van der Waals surface area contributed by atoms with Crippen LogP contribution in [0.4, 0.5) is 0 Å². The monoisotopic (exact) mass is 2030 g/mol. The SMILES string of the molecule is CCCC[C@H](NC(=O)[C@H](CCC(=O)O)NC(=O)[C@@H](CCCNC(=N)N)NC(=O)[C@@H]1CCCN1C(=O)[C@@H]1CCCN1C(=O)[C@@H]1CSSC[C@H](CC(=O)[C@H](CCCNC(=N)N)NC(C)=O)C(=O)N2CCC[C@H]2C(=O)N[C@@H](Cc2c[nH]cn2)C(=O)N[C@H](Cc2ccccc2)C(=O)N[C@@H](Cc2c[nH]cn2)C(=O)N[C@@H](Cc2c[nH]c3ccccc23)C(=O)C1)C(=O)N[C@H](CCCNC(N)N)C(=O)N[C@H](CCCNC(=N)N)C(N)=O. The smallest absolute Gasteiger partial charge is 0.303 e. The molecule has 0 spiro atoms. The summed E-state index contributed by atoms with van der Waals surface area (Å²) in [5.41, 5.74) is 36.1. The third-order valence-electron chi connectivity index (χ3n) is 25.1. The number of rotatable bonds is 48. The summed E-state index contributed by atoms with van der Waals surface area (Å²) in [6.07, 6.45) is 5.11. The molecule has 4 saturated heterocycles. The first kappa shape index (κ1) is 113. The highest BCUT2D eigenvalue weighted by molar-refractivity contribution is 8.76. The zero-order chi connectivity index (χ0) is 104. The van der Waals surface area contributed by atoms with Crippen LogP contribution in [0.3, 0.4) is 0 Å². The van der Waals surface area contributed by atoms with Gasteiger partial charge in [-0.3, -0.25) is 103 Å². The molecule has 15 atom stereocenters. The van der Waals surface area contributed by atoms with Crippen molar-refractivity contribution in [1.29, 1.82) is 16.2 Å². The predicted molar refractivity (Wildman–Crippen MR) is 530 cm³/mol. The number of H-pyrrole nitrogens is 3. The quantitative estimate of drug-likeness (QED) is 0.00583. The molecule has 0 radical (unpaired) electrons. The van der Waals surface area contributed by atoms with Gasteiger partial charge in [0.1, 0.15) is 72.7 Å². The number of carbonyl (C=O) groups excluding carboxylic acids is 16. The van der Waals surface area contributed by atoms with E-state index in [0.717, 1.165) is 21.6 Å². The number of hydrogen-bond acceptors (Lipinski definition) is 27. The van der Waals surface area contributed by atoms with Crippen LogP contribution < -0.4 is 109 Å². The first-order chi connectivity index (χ1) is 68.4. The number of unbranched alkanes of at least 4 members (excludes halogenated alkanes) is 1. The van der Waals surface area contributed by atoms with Crippen molar-refractivity contribution in [2.45, 2.75) is 259 Å². The third-order valence-corrected chi connectivity index (χ3v) is 27.7. The van der Waals surface area contributed by atoms with Crippen LogP contribution in [-0.2, 0) is 107 Å². The Hall–Kier alpha value is -13.8. The van der Waals surface area contributed by atoms with Crippen LogP contribution in [0, 0.1) is 28.1 Å². The van der Waals surface area contributed by atoms with Crippen molar-refractivity contribution in [1.82, 2.24) is 114 Å². The van der Waals surface area contributed by atoms with Gasteiger partial charge in [-0.25, -0.2) is 9.97 Å². The lowest BCUT2D eigenvalue weighted by molar-refractivity contribution is -0.148. The van der Waals surface area contributed by atoms with E-state index in [1.165, 1.54) is 46.7 Å². The zero-order valence-corrected chi connectivity index (χ0v) is 81.9. The van der Waals surface area contributed by atoms with E-state index in [1.807, 2.05) is 0 Å². The summed E-state index contributed by atoms with van der Waals surface area (Å²) in [6, 6.07) is -2.65. The van der Waals surface area contributed by atoms with Gasteiger partial charge in [-0.2, -0.15) is 0 Å². The number of aliphatic carboxylic acids is 1. The van der Waals surface area contributed by atoms with Gasteiger partial charge in [0.05, 0.1) is 48.0 Å². The van der Waals surface area contributed by atoms with Crippen LogP contribution in [0.1, 0.15) is 171 Å². The summed E-state index contributed by atoms with van der Waals surface area (Å²) in [5, 5.41) is 71.7. The van der Waals surface area contributed by atoms with Crippen LogP contribution in [-0.4, -0.2) is 305 Å². The first-order valence-corrected chi connectivity index (χ1v) is 50.7. The molecule has 4 aliphatic heterocycles. The van der Waals surface area contributed by atoms with Gasteiger partial charge in [-0.05, 0) is 126 Å². The number of guanidine groups is 3. The second kappa shape index (κ2) is 57.3. The minimum atomic E-state index is -1.73. The molecule has 0 unspecified atom stereocenters. The summed E-state index contributed by atoms with van der Waals surface area (Å²) < 4.78 is 0. The van der Waals surface area contributed by atoms with Crippen LogP contribution in [0.15, 0.2) is 85.8 Å². The Morgan fingerprint density at radius 1 is 0.517 bits per heavy atom. The molecule has 49 nitrogen and oxygen atoms in total. The average molecular weight is 2030 g/mol. The standard InChI is InChI=1S/C92H137N31O18S2/c1-3-4-20-62(78(131)114-63(24-12-33-106-91(98)99)77(130)112-61(76(93)129)23-11-32-105-90(96)97)113-80(133)65(29-30-75(127)128)115-79(132)64(25-13-34-107-92(100)101)116-84(137)71-27-15-36-122(71)88(141)72-28-16-37-123(72)87(140)55-41-74(126)66(39-53-44-108-59-21-9-8-19-58(53)59)117-82(135)68(42-56-45-102-49-109-56)119-81(134)67(38-52-17-6-5-7-18-52)118-83(136)69(43-57-46-103-50-110-57)120-85(138)70-26-14-35-121(70)86(139)54(47-142-143-48-55)40-73(125)60(111-51(2)124)22-10-31-104-89(94)95/h5-9,17-19,21,44-46,49-50,54-55,60-72,91,106,108H,3-4,10-16,20,22-43,47-48,98-99H2,1-2H3,(H2,93,129)(H,102,109)(H,103,110)(H,111,124)(H,112,130)(H,113,133)(H,114,131)(H,115,132)(H,116,137)(H,117,135)(H,118,136)(H,119,134)(H,120,138)(H,127,128)(H4,94,95,104)(H4,96,97,105)(H4,100,101,107)/t54-,55-,60-,61+,62-,63+,64+,65-,66-,67+,68-,69-,70-,71-,72-/m0/s1. The maximum Gasteiger partial charge on any atom is 0.303 e. The lowest BCUT2D eigenvalue weighted by Gasteiger charge is -2.33. The number of aromatic amines is 3. The molecule has 780 valence electrons. The van der Waals surface area contributed by atoms with Crippen molar-refractivity contribution in [3.63, 3.8) is 0 Å². The maximum absolute atomic E-state index is 16.2. The number of carbonyl (C=O) groups is 17. The van der Waals surface area contributed by atoms with Crippen LogP contribution in [0.25, 0.3) is 10.9 Å². The van der Waals surface area contributed by atoms with Gasteiger partial charge in [-0.15, -0.1) is 0 Å². The van der Waals surface area contributed by atoms with Gasteiger partial charge in [0.2, 0.25) is 82.7 Å². The summed E-state index contributed by atoms with van der Waals surface area (Å²) in [4.78, 5) is 273. The van der Waals surface area contributed by atoms with Gasteiger partial charge < -0.3 is 138 Å². The van der Waals surface area contributed by atoms with E-state index in [2.05, 4.69) is 99.4 Å². The van der Waals surface area contributed by atoms with Crippen LogP contribution in [0.5, 0.6) is 0 Å². The molecule has 5 aromatic rings. The van der Waals surface area contributed by atoms with Crippen LogP contribution >= 0.6 is 21.6 Å². The van der Waals surface area contributed by atoms with E-state index >= 15 is 43.2 Å². The number of aromatic nitrogens is 5. The number of primary amides is 1. The van der Waals surface area contributed by atoms with E-state index in [1.54, 1.807) is 67.7 Å². The number of para-hydroxylation sites is 1. The second-order valence-electron chi connectivity index (χ2n) is 36.0. The average Bonchev–Trinajstić information content (AvgIpc) is 1.66. The number of benzene rings is 2. The molecule has 14 amide bonds. The lowest BCUT2D eigenvalue weighted by Crippen LogP contribution is -2.60. The third kappa shape index (κ3) is 36.0. The molecule has 9 rings (SSSR count). The number of amides is 14. The molecule has 0 saturated carbocycles. The second-order valence-corrected chi connectivity index (χ2v) is 38.6. The summed E-state index contributed by atoms with van der Waals surface area (Å²) in [6.45, 7) is 3.34. The van der Waals surface area contributed by atoms with Gasteiger partial charge in [0.15, 0.2) is 29.4 Å². The van der Waals surface area contributed by atoms with Crippen molar-refractivity contribution >= 4 is 151 Å². The highest BCUT2D eigenvalue weighted by Gasteiger charge is 2.47. The number of nitrogens with two attached hydrogens (primary N) is 6. The van der Waals surface area contributed by atoms with E-state index in [9.17, 15) is 43.5 Å². The molecule has 4 aliphatic rings. The first-order valence-electron chi connectivity index (χ1n) is 48.2. The Bertz CT molecular complexity index is 5210.